The summed E-state index contributed by atoms with van der Waals surface area (Å²) >= 11 is 0. The zero-order valence-electron chi connectivity index (χ0n) is 20.8. The van der Waals surface area contributed by atoms with Gasteiger partial charge in [-0.05, 0) is 24.5 Å². The molecule has 206 valence electrons. The number of hydrogen-bond acceptors (Lipinski definition) is 7. The van der Waals surface area contributed by atoms with Crippen LogP contribution in [0.25, 0.3) is 10.9 Å². The fourth-order valence-corrected chi connectivity index (χ4v) is 5.34. The largest absolute Gasteiger partial charge is 0.488 e. The summed E-state index contributed by atoms with van der Waals surface area (Å²) in [5.41, 5.74) is 1.47. The Labute approximate surface area is 219 Å². The van der Waals surface area contributed by atoms with Crippen LogP contribution >= 0.6 is 0 Å². The minimum Gasteiger partial charge on any atom is -0.488 e. The summed E-state index contributed by atoms with van der Waals surface area (Å²) in [6.07, 6.45) is -5.33. The fraction of sp³-hybridized carbons (Fsp3) is 0.480. The average Bonchev–Trinajstić information content (AvgIpc) is 3.35. The third-order valence-corrected chi connectivity index (χ3v) is 7.17. The molecule has 2 aliphatic rings. The van der Waals surface area contributed by atoms with Crippen molar-refractivity contribution in [2.75, 3.05) is 31.1 Å². The van der Waals surface area contributed by atoms with Crippen LogP contribution in [0, 0.1) is 23.2 Å². The number of piperidine rings is 1. The molecular formula is C25H24F5N7O2. The van der Waals surface area contributed by atoms with Crippen molar-refractivity contribution < 1.29 is 31.5 Å². The number of halogens is 5. The van der Waals surface area contributed by atoms with Gasteiger partial charge in [0, 0.05) is 49.7 Å². The maximum atomic E-state index is 13.4. The number of amides is 1. The summed E-state index contributed by atoms with van der Waals surface area (Å²) in [7, 11) is 0. The Bertz CT molecular complexity index is 1430. The molecule has 4 heterocycles. The summed E-state index contributed by atoms with van der Waals surface area (Å²) in [6.45, 7) is 2.15. The van der Waals surface area contributed by atoms with E-state index in [1.165, 1.54) is 11.1 Å². The van der Waals surface area contributed by atoms with E-state index in [0.717, 1.165) is 4.57 Å². The molecule has 2 atom stereocenters. The van der Waals surface area contributed by atoms with E-state index in [9.17, 15) is 32.0 Å². The van der Waals surface area contributed by atoms with Gasteiger partial charge in [-0.2, -0.15) is 18.4 Å². The lowest BCUT2D eigenvalue weighted by Crippen LogP contribution is -2.49. The second-order valence-electron chi connectivity index (χ2n) is 9.68. The van der Waals surface area contributed by atoms with Crippen LogP contribution < -0.4 is 9.64 Å². The second kappa shape index (κ2) is 10.3. The van der Waals surface area contributed by atoms with E-state index >= 15 is 0 Å². The van der Waals surface area contributed by atoms with Gasteiger partial charge in [-0.25, -0.2) is 8.78 Å². The van der Waals surface area contributed by atoms with Crippen LogP contribution in [0.5, 0.6) is 5.75 Å². The van der Waals surface area contributed by atoms with Crippen molar-refractivity contribution in [3.8, 4) is 11.8 Å². The van der Waals surface area contributed by atoms with Crippen LogP contribution in [-0.2, 0) is 24.1 Å². The van der Waals surface area contributed by atoms with Crippen molar-refractivity contribution in [3.05, 3.63) is 41.6 Å². The quantitative estimate of drug-likeness (QED) is 0.446. The molecule has 0 radical (unpaired) electrons. The number of benzene rings is 1. The van der Waals surface area contributed by atoms with E-state index in [1.807, 2.05) is 11.8 Å². The van der Waals surface area contributed by atoms with Gasteiger partial charge in [-0.3, -0.25) is 9.78 Å². The molecule has 0 aliphatic carbocycles. The van der Waals surface area contributed by atoms with Crippen LogP contribution in [-0.4, -0.2) is 63.2 Å². The van der Waals surface area contributed by atoms with E-state index in [2.05, 4.69) is 21.3 Å². The van der Waals surface area contributed by atoms with Crippen molar-refractivity contribution in [3.63, 3.8) is 0 Å². The smallest absolute Gasteiger partial charge is 0.451 e. The molecule has 0 bridgehead atoms. The Morgan fingerprint density at radius 3 is 2.72 bits per heavy atom. The van der Waals surface area contributed by atoms with Gasteiger partial charge in [0.15, 0.2) is 5.82 Å². The predicted molar refractivity (Wildman–Crippen MR) is 128 cm³/mol. The summed E-state index contributed by atoms with van der Waals surface area (Å²) < 4.78 is 70.6. The number of pyridine rings is 1. The molecule has 1 aromatic carbocycles. The molecule has 2 aliphatic heterocycles. The van der Waals surface area contributed by atoms with E-state index < -0.39 is 25.0 Å². The number of nitriles is 1. The maximum Gasteiger partial charge on any atom is 0.451 e. The summed E-state index contributed by atoms with van der Waals surface area (Å²) in [5, 5.41) is 17.3. The van der Waals surface area contributed by atoms with E-state index in [0.29, 0.717) is 41.7 Å². The topological polar surface area (TPSA) is 100 Å². The van der Waals surface area contributed by atoms with Crippen molar-refractivity contribution in [1.82, 2.24) is 24.6 Å². The van der Waals surface area contributed by atoms with E-state index in [-0.39, 0.29) is 49.0 Å². The van der Waals surface area contributed by atoms with Crippen LogP contribution in [0.3, 0.4) is 0 Å². The van der Waals surface area contributed by atoms with Gasteiger partial charge in [-0.1, -0.05) is 6.92 Å². The normalized spacial score (nSPS) is 19.7. The van der Waals surface area contributed by atoms with E-state index in [4.69, 9.17) is 4.74 Å². The number of ether oxygens (including phenoxy) is 1. The highest BCUT2D eigenvalue weighted by Crippen LogP contribution is 2.37. The number of fused-ring (bicyclic) bond motifs is 2. The van der Waals surface area contributed by atoms with Gasteiger partial charge in [0.05, 0.1) is 23.3 Å². The Morgan fingerprint density at radius 2 is 2.03 bits per heavy atom. The van der Waals surface area contributed by atoms with Crippen LogP contribution in [0.2, 0.25) is 0 Å². The first kappa shape index (κ1) is 26.6. The van der Waals surface area contributed by atoms with Gasteiger partial charge in [0.1, 0.15) is 18.4 Å². The Balaban J connectivity index is 1.32. The van der Waals surface area contributed by atoms with Crippen LogP contribution in [0.4, 0.5) is 27.6 Å². The summed E-state index contributed by atoms with van der Waals surface area (Å²) in [4.78, 5) is 21.2. The molecule has 2 aromatic heterocycles. The first-order chi connectivity index (χ1) is 18.6. The first-order valence-corrected chi connectivity index (χ1v) is 12.3. The number of carbonyl (C=O) groups is 1. The lowest BCUT2D eigenvalue weighted by molar-refractivity contribution is -0.148. The monoisotopic (exact) mass is 549 g/mol. The van der Waals surface area contributed by atoms with Crippen molar-refractivity contribution in [2.24, 2.45) is 11.8 Å². The zero-order valence-corrected chi connectivity index (χ0v) is 20.8. The highest BCUT2D eigenvalue weighted by Gasteiger charge is 2.41. The molecule has 14 heteroatoms. The van der Waals surface area contributed by atoms with Crippen LogP contribution in [0.15, 0.2) is 24.4 Å². The van der Waals surface area contributed by atoms with Crippen LogP contribution in [0.1, 0.15) is 30.6 Å². The number of alkyl halides is 5. The zero-order chi connectivity index (χ0) is 27.9. The Morgan fingerprint density at radius 1 is 1.23 bits per heavy atom. The number of hydrogen-bond donors (Lipinski definition) is 0. The molecule has 0 spiro atoms. The second-order valence-corrected chi connectivity index (χ2v) is 9.68. The average molecular weight is 550 g/mol. The van der Waals surface area contributed by atoms with Gasteiger partial charge in [0.25, 0.3) is 6.43 Å². The SMILES string of the molecule is C[C@@H]1CN(c2c(C#N)cnc3cc(OCC(F)F)ccc23)CC[C@@H]1C(=O)N1CCn2c(nnc2C(F)(F)F)C1. The maximum absolute atomic E-state index is 13.4. The lowest BCUT2D eigenvalue weighted by atomic mass is 9.85. The van der Waals surface area contributed by atoms with Gasteiger partial charge < -0.3 is 19.1 Å². The molecule has 9 nitrogen and oxygen atoms in total. The van der Waals surface area contributed by atoms with Gasteiger partial charge >= 0.3 is 6.18 Å². The molecule has 1 saturated heterocycles. The van der Waals surface area contributed by atoms with Crippen molar-refractivity contribution in [1.29, 1.82) is 5.26 Å². The Hall–Kier alpha value is -4.02. The molecule has 1 amide bonds. The van der Waals surface area contributed by atoms with Gasteiger partial charge in [-0.15, -0.1) is 10.2 Å². The highest BCUT2D eigenvalue weighted by atomic mass is 19.4. The number of anilines is 1. The molecule has 0 saturated carbocycles. The molecular weight excluding hydrogens is 525 g/mol. The lowest BCUT2D eigenvalue weighted by Gasteiger charge is -2.40. The molecule has 3 aromatic rings. The highest BCUT2D eigenvalue weighted by molar-refractivity contribution is 5.95. The Kier molecular flexibility index (Phi) is 7.00. The van der Waals surface area contributed by atoms with Crippen molar-refractivity contribution in [2.45, 2.75) is 39.0 Å². The molecule has 1 fully saturated rings. The minimum atomic E-state index is -4.61. The van der Waals surface area contributed by atoms with Gasteiger partial charge in [0.2, 0.25) is 11.7 Å². The number of carbonyl (C=O) groups excluding carboxylic acids is 1. The molecule has 0 unspecified atom stereocenters. The number of aromatic nitrogens is 4. The van der Waals surface area contributed by atoms with Crippen molar-refractivity contribution >= 4 is 22.5 Å². The number of nitrogens with zero attached hydrogens (tertiary/aromatic N) is 7. The summed E-state index contributed by atoms with van der Waals surface area (Å²) in [6, 6.07) is 6.93. The minimum absolute atomic E-state index is 0.0340. The molecule has 39 heavy (non-hydrogen) atoms. The standard InChI is InChI=1S/C25H24F5N7O2/c1-14-11-35(22-15(9-31)10-32-19-8-16(2-3-18(19)22)39-13-20(26)27)5-4-17(14)23(38)36-6-7-37-21(12-36)33-34-24(37)25(28,29)30/h2-3,8,10,14,17,20H,4-7,11-13H2,1H3/t14-,17+/m1/s1. The third-order valence-electron chi connectivity index (χ3n) is 7.17. The first-order valence-electron chi connectivity index (χ1n) is 12.3. The fourth-order valence-electron chi connectivity index (χ4n) is 5.34. The molecule has 5 rings (SSSR count). The number of rotatable bonds is 5. The molecule has 0 N–H and O–H groups in total. The summed E-state index contributed by atoms with van der Waals surface area (Å²) in [5.74, 6) is -1.34. The third kappa shape index (κ3) is 5.17. The van der Waals surface area contributed by atoms with E-state index in [1.54, 1.807) is 18.2 Å². The predicted octanol–water partition coefficient (Wildman–Crippen LogP) is 3.87.